The average Bonchev–Trinajstić information content (AvgIpc) is 3.12. The standard InChI is InChI=1S/C20H20N2O5/c1-3-25-15-8-10-16(11-9-15)26-13(2)19(23)21-22-20(24)18-12-14-6-4-5-7-17(14)27-18/h4-13H,3H2,1-2H3,(H,21,23)(H,22,24). The van der Waals surface area contributed by atoms with Gasteiger partial charge in [-0.25, -0.2) is 0 Å². The van der Waals surface area contributed by atoms with Gasteiger partial charge in [-0.3, -0.25) is 20.4 Å². The third-order valence-corrected chi connectivity index (χ3v) is 3.77. The Morgan fingerprint density at radius 1 is 1.04 bits per heavy atom. The average molecular weight is 368 g/mol. The first-order chi connectivity index (χ1) is 13.1. The monoisotopic (exact) mass is 368 g/mol. The highest BCUT2D eigenvalue weighted by molar-refractivity contribution is 5.97. The Hall–Kier alpha value is -3.48. The minimum atomic E-state index is -0.807. The van der Waals surface area contributed by atoms with E-state index in [2.05, 4.69) is 10.9 Å². The van der Waals surface area contributed by atoms with Crippen LogP contribution in [0.2, 0.25) is 0 Å². The summed E-state index contributed by atoms with van der Waals surface area (Å²) in [7, 11) is 0. The molecule has 2 aromatic carbocycles. The zero-order valence-electron chi connectivity index (χ0n) is 15.0. The van der Waals surface area contributed by atoms with Gasteiger partial charge in [-0.15, -0.1) is 0 Å². The van der Waals surface area contributed by atoms with Crippen molar-refractivity contribution >= 4 is 22.8 Å². The summed E-state index contributed by atoms with van der Waals surface area (Å²) in [5.74, 6) is 0.308. The van der Waals surface area contributed by atoms with E-state index >= 15 is 0 Å². The molecule has 0 bridgehead atoms. The molecule has 7 nitrogen and oxygen atoms in total. The number of fused-ring (bicyclic) bond motifs is 1. The number of furan rings is 1. The summed E-state index contributed by atoms with van der Waals surface area (Å²) in [6.07, 6.45) is -0.807. The molecule has 0 aliphatic carbocycles. The number of hydrogen-bond acceptors (Lipinski definition) is 5. The second-order valence-corrected chi connectivity index (χ2v) is 5.76. The number of nitrogens with one attached hydrogen (secondary N) is 2. The number of carbonyl (C=O) groups is 2. The molecule has 1 heterocycles. The summed E-state index contributed by atoms with van der Waals surface area (Å²) in [5, 5.41) is 0.807. The van der Waals surface area contributed by atoms with E-state index in [0.717, 1.165) is 11.1 Å². The van der Waals surface area contributed by atoms with E-state index in [0.29, 0.717) is 17.9 Å². The Balaban J connectivity index is 1.52. The Labute approximate surface area is 156 Å². The van der Waals surface area contributed by atoms with Crippen molar-refractivity contribution in [1.82, 2.24) is 10.9 Å². The van der Waals surface area contributed by atoms with Crippen LogP contribution in [0.15, 0.2) is 59.0 Å². The van der Waals surface area contributed by atoms with Crippen LogP contribution in [0.3, 0.4) is 0 Å². The zero-order chi connectivity index (χ0) is 19.2. The lowest BCUT2D eigenvalue weighted by Gasteiger charge is -2.15. The predicted octanol–water partition coefficient (Wildman–Crippen LogP) is 3.06. The number of amides is 2. The maximum absolute atomic E-state index is 12.1. The van der Waals surface area contributed by atoms with Crippen LogP contribution < -0.4 is 20.3 Å². The van der Waals surface area contributed by atoms with Crippen molar-refractivity contribution in [3.05, 3.63) is 60.4 Å². The Morgan fingerprint density at radius 3 is 2.44 bits per heavy atom. The van der Waals surface area contributed by atoms with Crippen LogP contribution in [-0.4, -0.2) is 24.5 Å². The highest BCUT2D eigenvalue weighted by Gasteiger charge is 2.17. The van der Waals surface area contributed by atoms with Gasteiger partial charge in [0.05, 0.1) is 6.61 Å². The van der Waals surface area contributed by atoms with Crippen LogP contribution in [-0.2, 0) is 4.79 Å². The zero-order valence-corrected chi connectivity index (χ0v) is 15.0. The summed E-state index contributed by atoms with van der Waals surface area (Å²) in [6, 6.07) is 15.8. The van der Waals surface area contributed by atoms with E-state index in [4.69, 9.17) is 13.9 Å². The van der Waals surface area contributed by atoms with Crippen molar-refractivity contribution in [2.45, 2.75) is 20.0 Å². The van der Waals surface area contributed by atoms with Gasteiger partial charge < -0.3 is 13.9 Å². The number of ether oxygens (including phenoxy) is 2. The second kappa shape index (κ2) is 8.27. The highest BCUT2D eigenvalue weighted by atomic mass is 16.5. The molecule has 3 aromatic rings. The molecule has 1 aromatic heterocycles. The van der Waals surface area contributed by atoms with Crippen LogP contribution in [0, 0.1) is 0 Å². The molecule has 0 aliphatic heterocycles. The van der Waals surface area contributed by atoms with E-state index in [-0.39, 0.29) is 5.76 Å². The fraction of sp³-hybridized carbons (Fsp3) is 0.200. The van der Waals surface area contributed by atoms with Gasteiger partial charge in [0.25, 0.3) is 5.91 Å². The van der Waals surface area contributed by atoms with Crippen LogP contribution >= 0.6 is 0 Å². The molecule has 27 heavy (non-hydrogen) atoms. The molecule has 0 radical (unpaired) electrons. The van der Waals surface area contributed by atoms with E-state index in [1.165, 1.54) is 0 Å². The van der Waals surface area contributed by atoms with Crippen molar-refractivity contribution in [3.8, 4) is 11.5 Å². The van der Waals surface area contributed by atoms with Crippen molar-refractivity contribution in [2.24, 2.45) is 0 Å². The molecule has 1 atom stereocenters. The topological polar surface area (TPSA) is 89.8 Å². The van der Waals surface area contributed by atoms with E-state index < -0.39 is 17.9 Å². The normalized spacial score (nSPS) is 11.6. The summed E-state index contributed by atoms with van der Waals surface area (Å²) in [4.78, 5) is 24.2. The van der Waals surface area contributed by atoms with E-state index in [9.17, 15) is 9.59 Å². The lowest BCUT2D eigenvalue weighted by molar-refractivity contribution is -0.128. The minimum Gasteiger partial charge on any atom is -0.494 e. The fourth-order valence-electron chi connectivity index (χ4n) is 2.41. The molecule has 0 saturated carbocycles. The van der Waals surface area contributed by atoms with Crippen LogP contribution in [0.4, 0.5) is 0 Å². The minimum absolute atomic E-state index is 0.108. The lowest BCUT2D eigenvalue weighted by atomic mass is 10.2. The maximum Gasteiger partial charge on any atom is 0.305 e. The summed E-state index contributed by atoms with van der Waals surface area (Å²) >= 11 is 0. The molecular weight excluding hydrogens is 348 g/mol. The number of rotatable bonds is 6. The van der Waals surface area contributed by atoms with Gasteiger partial charge in [0.2, 0.25) is 0 Å². The van der Waals surface area contributed by atoms with Crippen LogP contribution in [0.25, 0.3) is 11.0 Å². The van der Waals surface area contributed by atoms with Gasteiger partial charge in [0.15, 0.2) is 11.9 Å². The smallest absolute Gasteiger partial charge is 0.305 e. The number of para-hydroxylation sites is 1. The van der Waals surface area contributed by atoms with E-state index in [1.54, 1.807) is 43.3 Å². The predicted molar refractivity (Wildman–Crippen MR) is 99.5 cm³/mol. The first-order valence-electron chi connectivity index (χ1n) is 8.55. The van der Waals surface area contributed by atoms with Gasteiger partial charge in [0.1, 0.15) is 17.1 Å². The molecule has 1 unspecified atom stereocenters. The molecule has 140 valence electrons. The lowest BCUT2D eigenvalue weighted by Crippen LogP contribution is -2.47. The Morgan fingerprint density at radius 2 is 1.74 bits per heavy atom. The number of hydrazine groups is 1. The maximum atomic E-state index is 12.1. The second-order valence-electron chi connectivity index (χ2n) is 5.76. The highest BCUT2D eigenvalue weighted by Crippen LogP contribution is 2.19. The van der Waals surface area contributed by atoms with Gasteiger partial charge in [-0.05, 0) is 50.2 Å². The van der Waals surface area contributed by atoms with Crippen molar-refractivity contribution in [2.75, 3.05) is 6.61 Å². The molecule has 7 heteroatoms. The Kier molecular flexibility index (Phi) is 5.61. The van der Waals surface area contributed by atoms with Crippen molar-refractivity contribution in [1.29, 1.82) is 0 Å². The molecule has 0 fully saturated rings. The molecule has 0 saturated heterocycles. The van der Waals surface area contributed by atoms with Gasteiger partial charge in [-0.2, -0.15) is 0 Å². The molecular formula is C20H20N2O5. The Bertz CT molecular complexity index is 900. The number of carbonyl (C=O) groups excluding carboxylic acids is 2. The largest absolute Gasteiger partial charge is 0.494 e. The summed E-state index contributed by atoms with van der Waals surface area (Å²) < 4.78 is 16.3. The summed E-state index contributed by atoms with van der Waals surface area (Å²) in [6.45, 7) is 4.06. The fourth-order valence-corrected chi connectivity index (χ4v) is 2.41. The van der Waals surface area contributed by atoms with Gasteiger partial charge in [-0.1, -0.05) is 18.2 Å². The number of hydrogen-bond donors (Lipinski definition) is 2. The van der Waals surface area contributed by atoms with Crippen molar-refractivity contribution in [3.63, 3.8) is 0 Å². The molecule has 0 spiro atoms. The van der Waals surface area contributed by atoms with Crippen LogP contribution in [0.5, 0.6) is 11.5 Å². The van der Waals surface area contributed by atoms with Crippen LogP contribution in [0.1, 0.15) is 24.4 Å². The molecule has 2 N–H and O–H groups in total. The van der Waals surface area contributed by atoms with Gasteiger partial charge >= 0.3 is 5.91 Å². The first kappa shape index (κ1) is 18.3. The quantitative estimate of drug-likeness (QED) is 0.653. The molecule has 2 amide bonds. The first-order valence-corrected chi connectivity index (χ1v) is 8.55. The third-order valence-electron chi connectivity index (χ3n) is 3.77. The SMILES string of the molecule is CCOc1ccc(OC(C)C(=O)NNC(=O)c2cc3ccccc3o2)cc1. The van der Waals surface area contributed by atoms with E-state index in [1.807, 2.05) is 25.1 Å². The van der Waals surface area contributed by atoms with Gasteiger partial charge in [0, 0.05) is 5.39 Å². The third kappa shape index (κ3) is 4.58. The van der Waals surface area contributed by atoms with Crippen molar-refractivity contribution < 1.29 is 23.5 Å². The molecule has 3 rings (SSSR count). The number of benzene rings is 2. The molecule has 0 aliphatic rings. The summed E-state index contributed by atoms with van der Waals surface area (Å²) in [5.41, 5.74) is 5.25.